The minimum absolute atomic E-state index is 0.564. The summed E-state index contributed by atoms with van der Waals surface area (Å²) in [4.78, 5) is 28.2. The van der Waals surface area contributed by atoms with Crippen LogP contribution in [0.2, 0.25) is 0 Å². The third-order valence-corrected chi connectivity index (χ3v) is 4.79. The molecule has 3 rings (SSSR count). The van der Waals surface area contributed by atoms with Crippen LogP contribution < -0.4 is 5.32 Å². The summed E-state index contributed by atoms with van der Waals surface area (Å²) < 4.78 is 0. The molecule has 0 saturated heterocycles. The van der Waals surface area contributed by atoms with Crippen molar-refractivity contribution < 1.29 is 14.7 Å². The predicted octanol–water partition coefficient (Wildman–Crippen LogP) is 1.78. The Morgan fingerprint density at radius 3 is 2.95 bits per heavy atom. The van der Waals surface area contributed by atoms with Crippen LogP contribution in [0.25, 0.3) is 6.08 Å². The summed E-state index contributed by atoms with van der Waals surface area (Å²) in [6.07, 6.45) is 4.06. The van der Waals surface area contributed by atoms with Gasteiger partial charge in [0.15, 0.2) is 5.50 Å². The molecule has 20 heavy (non-hydrogen) atoms. The van der Waals surface area contributed by atoms with Crippen LogP contribution in [-0.2, 0) is 9.59 Å². The lowest BCUT2D eigenvalue weighted by Crippen LogP contribution is -2.35. The number of thioether (sulfide) groups is 2. The van der Waals surface area contributed by atoms with Crippen LogP contribution in [0.15, 0.2) is 33.0 Å². The second kappa shape index (κ2) is 4.99. The van der Waals surface area contributed by atoms with E-state index in [1.54, 1.807) is 11.8 Å². The molecule has 1 aromatic rings. The second-order valence-corrected chi connectivity index (χ2v) is 6.13. The minimum Gasteiger partial charge on any atom is -0.474 e. The maximum atomic E-state index is 11.1. The lowest BCUT2D eigenvalue weighted by molar-refractivity contribution is -0.150. The summed E-state index contributed by atoms with van der Waals surface area (Å²) in [6.45, 7) is 0. The number of nitrogens with one attached hydrogen (secondary N) is 1. The smallest absolute Gasteiger partial charge is 0.394 e. The molecule has 1 aliphatic carbocycles. The number of allylic oxidation sites excluding steroid dienone is 1. The number of hydrogen-bond acceptors (Lipinski definition) is 5. The number of aliphatic imine (C=N–C) groups is 1. The molecule has 1 aromatic carbocycles. The number of aliphatic carboxylic acids is 1. The van der Waals surface area contributed by atoms with Crippen molar-refractivity contribution in [2.24, 2.45) is 4.99 Å². The Labute approximate surface area is 123 Å². The fourth-order valence-electron chi connectivity index (χ4n) is 2.13. The van der Waals surface area contributed by atoms with Crippen molar-refractivity contribution in [3.63, 3.8) is 0 Å². The molecule has 0 aromatic heterocycles. The number of amides is 1. The van der Waals surface area contributed by atoms with E-state index in [1.807, 2.05) is 24.5 Å². The van der Waals surface area contributed by atoms with E-state index in [2.05, 4.69) is 16.4 Å². The van der Waals surface area contributed by atoms with E-state index < -0.39 is 17.4 Å². The SMILES string of the molecule is CSc1cccc2c1C=C1SC(NC(=O)C(=O)O)N=C12. The summed E-state index contributed by atoms with van der Waals surface area (Å²) >= 11 is 3.03. The number of nitrogens with zero attached hydrogens (tertiary/aromatic N) is 1. The number of benzene rings is 1. The van der Waals surface area contributed by atoms with Crippen molar-refractivity contribution >= 4 is 47.2 Å². The molecule has 2 aliphatic rings. The Morgan fingerprint density at radius 2 is 2.25 bits per heavy atom. The Morgan fingerprint density at radius 1 is 1.45 bits per heavy atom. The van der Waals surface area contributed by atoms with E-state index in [4.69, 9.17) is 5.11 Å². The van der Waals surface area contributed by atoms with Crippen LogP contribution in [0, 0.1) is 0 Å². The normalized spacial score (nSPS) is 18.9. The molecule has 2 N–H and O–H groups in total. The van der Waals surface area contributed by atoms with Crippen molar-refractivity contribution in [1.29, 1.82) is 0 Å². The Bertz CT molecular complexity index is 682. The van der Waals surface area contributed by atoms with Crippen LogP contribution in [-0.4, -0.2) is 34.4 Å². The third-order valence-electron chi connectivity index (χ3n) is 2.98. The van der Waals surface area contributed by atoms with E-state index in [9.17, 15) is 9.59 Å². The van der Waals surface area contributed by atoms with Crippen molar-refractivity contribution in [3.8, 4) is 0 Å². The number of rotatable bonds is 2. The fourth-order valence-corrected chi connectivity index (χ4v) is 3.76. The lowest BCUT2D eigenvalue weighted by atomic mass is 10.1. The summed E-state index contributed by atoms with van der Waals surface area (Å²) in [5, 5.41) is 10.9. The average Bonchev–Trinajstić information content (AvgIpc) is 2.95. The molecular weight excluding hydrogens is 296 g/mol. The van der Waals surface area contributed by atoms with Gasteiger partial charge in [-0.15, -0.1) is 11.8 Å². The lowest BCUT2D eigenvalue weighted by Gasteiger charge is -2.07. The first-order chi connectivity index (χ1) is 9.60. The highest BCUT2D eigenvalue weighted by Gasteiger charge is 2.32. The van der Waals surface area contributed by atoms with Gasteiger partial charge in [0.25, 0.3) is 0 Å². The maximum absolute atomic E-state index is 11.1. The number of carbonyl (C=O) groups is 2. The van der Waals surface area contributed by atoms with Crippen molar-refractivity contribution in [1.82, 2.24) is 5.32 Å². The fraction of sp³-hybridized carbons (Fsp3) is 0.154. The minimum atomic E-state index is -1.50. The summed E-state index contributed by atoms with van der Waals surface area (Å²) in [6, 6.07) is 6.01. The zero-order chi connectivity index (χ0) is 14.3. The van der Waals surface area contributed by atoms with Gasteiger partial charge in [0.2, 0.25) is 0 Å². The van der Waals surface area contributed by atoms with Gasteiger partial charge in [-0.05, 0) is 24.0 Å². The molecule has 1 amide bonds. The first-order valence-electron chi connectivity index (χ1n) is 5.78. The van der Waals surface area contributed by atoms with E-state index in [1.165, 1.54) is 16.7 Å². The quantitative estimate of drug-likeness (QED) is 0.643. The summed E-state index contributed by atoms with van der Waals surface area (Å²) in [5.74, 6) is -2.53. The van der Waals surface area contributed by atoms with Gasteiger partial charge in [-0.2, -0.15) is 0 Å². The number of carboxylic acids is 1. The van der Waals surface area contributed by atoms with E-state index in [0.29, 0.717) is 0 Å². The molecule has 1 atom stereocenters. The molecule has 1 unspecified atom stereocenters. The number of carboxylic acid groups (broad SMARTS) is 1. The van der Waals surface area contributed by atoms with Crippen LogP contribution in [0.5, 0.6) is 0 Å². The topological polar surface area (TPSA) is 78.8 Å². The molecule has 0 radical (unpaired) electrons. The molecule has 0 fully saturated rings. The highest BCUT2D eigenvalue weighted by atomic mass is 32.2. The highest BCUT2D eigenvalue weighted by Crippen LogP contribution is 2.42. The van der Waals surface area contributed by atoms with Gasteiger partial charge >= 0.3 is 11.9 Å². The average molecular weight is 306 g/mol. The van der Waals surface area contributed by atoms with Gasteiger partial charge < -0.3 is 10.4 Å². The standard InChI is InChI=1S/C13H10N2O3S2/c1-19-8-4-2-3-6-7(8)5-9-10(6)14-13(20-9)15-11(16)12(17)18/h2-5,13H,1H3,(H,15,16)(H,17,18). The second-order valence-electron chi connectivity index (χ2n) is 4.16. The molecular formula is C13H10N2O3S2. The molecule has 1 aliphatic heterocycles. The van der Waals surface area contributed by atoms with E-state index >= 15 is 0 Å². The molecule has 7 heteroatoms. The molecule has 5 nitrogen and oxygen atoms in total. The number of hydrogen-bond donors (Lipinski definition) is 2. The van der Waals surface area contributed by atoms with Crippen molar-refractivity contribution in [2.45, 2.75) is 10.4 Å². The van der Waals surface area contributed by atoms with Gasteiger partial charge in [0.05, 0.1) is 5.71 Å². The largest absolute Gasteiger partial charge is 0.474 e. The zero-order valence-electron chi connectivity index (χ0n) is 10.4. The van der Waals surface area contributed by atoms with Crippen molar-refractivity contribution in [3.05, 3.63) is 34.2 Å². The van der Waals surface area contributed by atoms with Gasteiger partial charge in [0, 0.05) is 15.4 Å². The van der Waals surface area contributed by atoms with Crippen LogP contribution in [0.1, 0.15) is 11.1 Å². The van der Waals surface area contributed by atoms with Gasteiger partial charge in [-0.3, -0.25) is 4.79 Å². The van der Waals surface area contributed by atoms with Gasteiger partial charge in [-0.25, -0.2) is 9.79 Å². The first kappa shape index (κ1) is 13.3. The van der Waals surface area contributed by atoms with Gasteiger partial charge in [0.1, 0.15) is 0 Å². The number of fused-ring (bicyclic) bond motifs is 3. The predicted molar refractivity (Wildman–Crippen MR) is 79.9 cm³/mol. The summed E-state index contributed by atoms with van der Waals surface area (Å²) in [5.41, 5.74) is 2.44. The summed E-state index contributed by atoms with van der Waals surface area (Å²) in [7, 11) is 0. The Kier molecular flexibility index (Phi) is 3.31. The number of carbonyl (C=O) groups excluding carboxylic acids is 1. The third kappa shape index (κ3) is 2.12. The maximum Gasteiger partial charge on any atom is 0.394 e. The molecule has 102 valence electrons. The van der Waals surface area contributed by atoms with E-state index in [-0.39, 0.29) is 0 Å². The Hall–Kier alpha value is -1.73. The first-order valence-corrected chi connectivity index (χ1v) is 7.88. The molecule has 0 saturated carbocycles. The zero-order valence-corrected chi connectivity index (χ0v) is 12.0. The molecule has 0 spiro atoms. The van der Waals surface area contributed by atoms with Crippen LogP contribution in [0.3, 0.4) is 0 Å². The van der Waals surface area contributed by atoms with E-state index in [0.717, 1.165) is 21.7 Å². The van der Waals surface area contributed by atoms with Crippen LogP contribution >= 0.6 is 23.5 Å². The monoisotopic (exact) mass is 306 g/mol. The van der Waals surface area contributed by atoms with Crippen LogP contribution in [0.4, 0.5) is 0 Å². The highest BCUT2D eigenvalue weighted by molar-refractivity contribution is 8.05. The Balaban J connectivity index is 1.89. The molecule has 0 bridgehead atoms. The van der Waals surface area contributed by atoms with Crippen molar-refractivity contribution in [2.75, 3.05) is 6.26 Å². The van der Waals surface area contributed by atoms with Gasteiger partial charge in [-0.1, -0.05) is 23.9 Å². The molecule has 1 heterocycles.